The van der Waals surface area contributed by atoms with E-state index in [2.05, 4.69) is 21.9 Å². The van der Waals surface area contributed by atoms with Gasteiger partial charge >= 0.3 is 6.18 Å². The number of alkyl halides is 3. The Kier molecular flexibility index (Phi) is 6.88. The van der Waals surface area contributed by atoms with Gasteiger partial charge in [-0.25, -0.2) is 9.97 Å². The molecule has 1 aromatic carbocycles. The third-order valence-electron chi connectivity index (χ3n) is 6.67. The van der Waals surface area contributed by atoms with E-state index in [1.807, 2.05) is 0 Å². The van der Waals surface area contributed by atoms with Crippen LogP contribution in [0.15, 0.2) is 30.8 Å². The van der Waals surface area contributed by atoms with Gasteiger partial charge in [0, 0.05) is 25.0 Å². The number of hydrogen-bond donors (Lipinski definition) is 0. The van der Waals surface area contributed by atoms with Gasteiger partial charge in [-0.05, 0) is 45.0 Å². The summed E-state index contributed by atoms with van der Waals surface area (Å²) in [5.74, 6) is 1.38. The molecule has 0 N–H and O–H groups in total. The second-order valence-electron chi connectivity index (χ2n) is 9.25. The molecule has 0 spiro atoms. The minimum atomic E-state index is -4.54. The van der Waals surface area contributed by atoms with Gasteiger partial charge in [0.05, 0.1) is 30.7 Å². The molecule has 0 bridgehead atoms. The van der Waals surface area contributed by atoms with E-state index >= 15 is 0 Å². The summed E-state index contributed by atoms with van der Waals surface area (Å²) in [6, 6.07) is 1.49. The lowest BCUT2D eigenvalue weighted by molar-refractivity contribution is -0.145. The highest BCUT2D eigenvalue weighted by atomic mass is 19.4. The summed E-state index contributed by atoms with van der Waals surface area (Å²) in [5, 5.41) is 1.10. The lowest BCUT2D eigenvalue weighted by Gasteiger charge is -2.29. The van der Waals surface area contributed by atoms with Crippen LogP contribution >= 0.6 is 0 Å². The van der Waals surface area contributed by atoms with E-state index in [4.69, 9.17) is 19.0 Å². The third-order valence-corrected chi connectivity index (χ3v) is 6.67. The maximum Gasteiger partial charge on any atom is 0.416 e. The van der Waals surface area contributed by atoms with Gasteiger partial charge in [0.15, 0.2) is 11.9 Å². The van der Waals surface area contributed by atoms with E-state index < -0.39 is 12.2 Å². The number of fused-ring (bicyclic) bond motifs is 1. The van der Waals surface area contributed by atoms with E-state index in [9.17, 15) is 13.2 Å². The zero-order valence-corrected chi connectivity index (χ0v) is 19.5. The second-order valence-corrected chi connectivity index (χ2v) is 9.25. The molecule has 0 amide bonds. The number of rotatable bonds is 6. The lowest BCUT2D eigenvalue weighted by Crippen LogP contribution is -2.41. The van der Waals surface area contributed by atoms with Crippen molar-refractivity contribution in [2.45, 2.75) is 44.0 Å². The van der Waals surface area contributed by atoms with Crippen LogP contribution in [0.3, 0.4) is 0 Å². The van der Waals surface area contributed by atoms with Crippen molar-refractivity contribution in [1.82, 2.24) is 14.9 Å². The van der Waals surface area contributed by atoms with Crippen LogP contribution in [0.4, 0.5) is 19.0 Å². The Balaban J connectivity index is 1.48. The van der Waals surface area contributed by atoms with E-state index in [0.717, 1.165) is 43.3 Å². The van der Waals surface area contributed by atoms with Gasteiger partial charge in [0.25, 0.3) is 0 Å². The molecule has 3 aliphatic heterocycles. The highest BCUT2D eigenvalue weighted by Crippen LogP contribution is 2.41. The SMILES string of the molecule is CN1CCC(COc2cc(OC3CCOCC3)c3c(N4OC=CC4C(F)(F)F)ncnc3c2)CC1. The zero-order valence-electron chi connectivity index (χ0n) is 19.5. The van der Waals surface area contributed by atoms with Crippen LogP contribution in [0.5, 0.6) is 11.5 Å². The van der Waals surface area contributed by atoms with Crippen molar-refractivity contribution in [2.24, 2.45) is 5.92 Å². The van der Waals surface area contributed by atoms with Crippen LogP contribution in [-0.2, 0) is 9.57 Å². The minimum Gasteiger partial charge on any atom is -0.493 e. The number of piperidine rings is 1. The zero-order chi connectivity index (χ0) is 24.4. The molecule has 1 aromatic heterocycles. The first kappa shape index (κ1) is 23.9. The van der Waals surface area contributed by atoms with Crippen LogP contribution < -0.4 is 14.5 Å². The molecule has 11 heteroatoms. The number of benzene rings is 1. The first-order valence-corrected chi connectivity index (χ1v) is 11.9. The molecule has 5 rings (SSSR count). The van der Waals surface area contributed by atoms with E-state index in [1.54, 1.807) is 12.1 Å². The molecule has 0 saturated carbocycles. The summed E-state index contributed by atoms with van der Waals surface area (Å²) in [5.41, 5.74) is 0.425. The summed E-state index contributed by atoms with van der Waals surface area (Å²) in [7, 11) is 2.11. The fourth-order valence-corrected chi connectivity index (χ4v) is 4.62. The van der Waals surface area contributed by atoms with Crippen LogP contribution in [0.2, 0.25) is 0 Å². The fourth-order valence-electron chi connectivity index (χ4n) is 4.62. The van der Waals surface area contributed by atoms with Crippen LogP contribution in [0.1, 0.15) is 25.7 Å². The molecular formula is C24H29F3N4O4. The average Bonchev–Trinajstić information content (AvgIpc) is 3.35. The predicted molar refractivity (Wildman–Crippen MR) is 122 cm³/mol. The normalized spacial score (nSPS) is 22.5. The van der Waals surface area contributed by atoms with Crippen molar-refractivity contribution in [3.8, 4) is 11.5 Å². The molecule has 2 fully saturated rings. The smallest absolute Gasteiger partial charge is 0.416 e. The predicted octanol–water partition coefficient (Wildman–Crippen LogP) is 4.10. The summed E-state index contributed by atoms with van der Waals surface area (Å²) < 4.78 is 58.8. The Labute approximate surface area is 201 Å². The average molecular weight is 495 g/mol. The number of anilines is 1. The van der Waals surface area contributed by atoms with Gasteiger partial charge in [-0.3, -0.25) is 0 Å². The second kappa shape index (κ2) is 10.1. The Bertz CT molecular complexity index is 1050. The summed E-state index contributed by atoms with van der Waals surface area (Å²) in [4.78, 5) is 16.0. The number of halogens is 3. The van der Waals surface area contributed by atoms with Crippen molar-refractivity contribution in [2.75, 3.05) is 45.0 Å². The molecule has 4 heterocycles. The highest BCUT2D eigenvalue weighted by Gasteiger charge is 2.47. The number of nitrogens with zero attached hydrogens (tertiary/aromatic N) is 4. The third kappa shape index (κ3) is 5.40. The van der Waals surface area contributed by atoms with E-state index in [1.165, 1.54) is 6.33 Å². The Morgan fingerprint density at radius 3 is 2.60 bits per heavy atom. The van der Waals surface area contributed by atoms with Gasteiger partial charge in [-0.15, -0.1) is 0 Å². The summed E-state index contributed by atoms with van der Waals surface area (Å²) in [6.07, 6.45) is 1.99. The number of aromatic nitrogens is 2. The first-order valence-electron chi connectivity index (χ1n) is 11.9. The highest BCUT2D eigenvalue weighted by molar-refractivity contribution is 5.96. The summed E-state index contributed by atoms with van der Waals surface area (Å²) >= 11 is 0. The quantitative estimate of drug-likeness (QED) is 0.595. The topological polar surface area (TPSA) is 69.2 Å². The molecule has 0 aliphatic carbocycles. The Morgan fingerprint density at radius 1 is 1.09 bits per heavy atom. The van der Waals surface area contributed by atoms with Crippen LogP contribution in [0.25, 0.3) is 10.9 Å². The van der Waals surface area contributed by atoms with E-state index in [-0.39, 0.29) is 11.9 Å². The Hall–Kier alpha value is -2.79. The van der Waals surface area contributed by atoms with Gasteiger partial charge in [0.2, 0.25) is 0 Å². The number of likely N-dealkylation sites (tertiary alicyclic amines) is 1. The van der Waals surface area contributed by atoms with Crippen molar-refractivity contribution in [3.63, 3.8) is 0 Å². The number of hydroxylamine groups is 1. The molecule has 8 nitrogen and oxygen atoms in total. The van der Waals surface area contributed by atoms with Gasteiger partial charge in [-0.1, -0.05) is 0 Å². The molecule has 2 aromatic rings. The van der Waals surface area contributed by atoms with Gasteiger partial charge in [0.1, 0.15) is 30.2 Å². The molecule has 190 valence electrons. The van der Waals surface area contributed by atoms with Crippen molar-refractivity contribution >= 4 is 16.7 Å². The van der Waals surface area contributed by atoms with E-state index in [0.29, 0.717) is 61.0 Å². The van der Waals surface area contributed by atoms with Crippen molar-refractivity contribution in [1.29, 1.82) is 0 Å². The number of ether oxygens (including phenoxy) is 3. The summed E-state index contributed by atoms with van der Waals surface area (Å²) in [6.45, 7) is 3.75. The molecule has 1 atom stereocenters. The molecule has 0 radical (unpaired) electrons. The monoisotopic (exact) mass is 494 g/mol. The lowest BCUT2D eigenvalue weighted by atomic mass is 9.98. The maximum absolute atomic E-state index is 13.7. The van der Waals surface area contributed by atoms with Crippen LogP contribution in [-0.4, -0.2) is 73.1 Å². The maximum atomic E-state index is 13.7. The first-order chi connectivity index (χ1) is 16.9. The molecule has 3 aliphatic rings. The fraction of sp³-hybridized carbons (Fsp3) is 0.583. The number of hydrogen-bond acceptors (Lipinski definition) is 8. The van der Waals surface area contributed by atoms with Gasteiger partial charge < -0.3 is 23.9 Å². The molecule has 35 heavy (non-hydrogen) atoms. The molecule has 2 saturated heterocycles. The Morgan fingerprint density at radius 2 is 1.86 bits per heavy atom. The van der Waals surface area contributed by atoms with Crippen LogP contribution in [0, 0.1) is 5.92 Å². The standard InChI is InChI=1S/C24H29F3N4O4/c1-30-7-2-16(3-8-30)14-33-18-12-19-22(20(13-18)35-17-4-9-32-10-5-17)23(29-15-28-19)31-21(6-11-34-31)24(25,26)27/h6,11-13,15-17,21H,2-5,7-10,14H2,1H3. The molecule has 1 unspecified atom stereocenters. The van der Waals surface area contributed by atoms with Crippen molar-refractivity contribution < 1.29 is 32.2 Å². The largest absolute Gasteiger partial charge is 0.493 e. The van der Waals surface area contributed by atoms with Gasteiger partial charge in [-0.2, -0.15) is 18.2 Å². The van der Waals surface area contributed by atoms with Crippen molar-refractivity contribution in [3.05, 3.63) is 30.8 Å². The minimum absolute atomic E-state index is 0.00810. The molecular weight excluding hydrogens is 465 g/mol.